The van der Waals surface area contributed by atoms with E-state index in [1.807, 2.05) is 38.1 Å². The van der Waals surface area contributed by atoms with Crippen molar-refractivity contribution in [3.63, 3.8) is 0 Å². The Morgan fingerprint density at radius 3 is 2.54 bits per heavy atom. The Morgan fingerprint density at radius 2 is 1.86 bits per heavy atom. The number of para-hydroxylation sites is 1. The molecule has 1 atom stereocenters. The van der Waals surface area contributed by atoms with Crippen LogP contribution < -0.4 is 10.1 Å². The monoisotopic (exact) mass is 402 g/mol. The highest BCUT2D eigenvalue weighted by Gasteiger charge is 2.26. The maximum Gasteiger partial charge on any atom is 0.243 e. The van der Waals surface area contributed by atoms with E-state index in [1.54, 1.807) is 31.3 Å². The van der Waals surface area contributed by atoms with E-state index < -0.39 is 10.0 Å². The van der Waals surface area contributed by atoms with Crippen molar-refractivity contribution in [3.8, 4) is 5.75 Å². The lowest BCUT2D eigenvalue weighted by atomic mass is 9.96. The van der Waals surface area contributed by atoms with Gasteiger partial charge in [0.25, 0.3) is 0 Å². The quantitative estimate of drug-likeness (QED) is 0.806. The van der Waals surface area contributed by atoms with E-state index in [4.69, 9.17) is 4.74 Å². The number of carbonyl (C=O) groups is 1. The Balaban J connectivity index is 1.59. The predicted molar refractivity (Wildman–Crippen MR) is 108 cm³/mol. The Bertz CT molecular complexity index is 939. The Hall–Kier alpha value is -2.38. The Kier molecular flexibility index (Phi) is 6.05. The third-order valence-corrected chi connectivity index (χ3v) is 7.09. The highest BCUT2D eigenvalue weighted by Crippen LogP contribution is 2.27. The van der Waals surface area contributed by atoms with Crippen LogP contribution in [0.5, 0.6) is 5.75 Å². The minimum atomic E-state index is -3.50. The average Bonchev–Trinajstić information content (AvgIpc) is 2.71. The number of hydrogen-bond acceptors (Lipinski definition) is 4. The third kappa shape index (κ3) is 4.36. The van der Waals surface area contributed by atoms with Gasteiger partial charge >= 0.3 is 0 Å². The van der Waals surface area contributed by atoms with E-state index >= 15 is 0 Å². The van der Waals surface area contributed by atoms with E-state index in [2.05, 4.69) is 5.32 Å². The van der Waals surface area contributed by atoms with Crippen LogP contribution in [0.25, 0.3) is 0 Å². The molecule has 6 nitrogen and oxygen atoms in total. The first kappa shape index (κ1) is 20.4. The molecule has 0 aromatic heterocycles. The van der Waals surface area contributed by atoms with Crippen molar-refractivity contribution in [1.82, 2.24) is 9.62 Å². The van der Waals surface area contributed by atoms with Crippen molar-refractivity contribution in [2.75, 3.05) is 13.7 Å². The van der Waals surface area contributed by atoms with Gasteiger partial charge in [0.15, 0.2) is 0 Å². The van der Waals surface area contributed by atoms with Crippen LogP contribution in [0.15, 0.2) is 53.4 Å². The number of sulfonamides is 1. The highest BCUT2D eigenvalue weighted by atomic mass is 32.2. The summed E-state index contributed by atoms with van der Waals surface area (Å²) in [7, 11) is -1.93. The number of carbonyl (C=O) groups excluding carboxylic acids is 1. The predicted octanol–water partition coefficient (Wildman–Crippen LogP) is 2.58. The van der Waals surface area contributed by atoms with Crippen molar-refractivity contribution < 1.29 is 17.9 Å². The van der Waals surface area contributed by atoms with Crippen LogP contribution in [-0.2, 0) is 27.8 Å². The van der Waals surface area contributed by atoms with E-state index in [-0.39, 0.29) is 22.8 Å². The second-order valence-electron chi connectivity index (χ2n) is 7.30. The molecule has 1 unspecified atom stereocenters. The molecule has 1 aliphatic rings. The zero-order valence-corrected chi connectivity index (χ0v) is 17.2. The molecule has 7 heteroatoms. The second kappa shape index (κ2) is 8.32. The molecule has 1 amide bonds. The molecule has 28 heavy (non-hydrogen) atoms. The summed E-state index contributed by atoms with van der Waals surface area (Å²) in [6.07, 6.45) is 0.653. The summed E-state index contributed by atoms with van der Waals surface area (Å²) < 4.78 is 32.0. The number of benzene rings is 2. The molecule has 1 aliphatic heterocycles. The lowest BCUT2D eigenvalue weighted by Crippen LogP contribution is -2.37. The number of hydrogen-bond donors (Lipinski definition) is 1. The lowest BCUT2D eigenvalue weighted by molar-refractivity contribution is -0.126. The van der Waals surface area contributed by atoms with E-state index in [9.17, 15) is 13.2 Å². The fourth-order valence-electron chi connectivity index (χ4n) is 3.05. The molecule has 0 saturated carbocycles. The van der Waals surface area contributed by atoms with Gasteiger partial charge in [-0.25, -0.2) is 8.42 Å². The lowest BCUT2D eigenvalue weighted by Gasteiger charge is -2.24. The fraction of sp³-hybridized carbons (Fsp3) is 0.381. The summed E-state index contributed by atoms with van der Waals surface area (Å²) in [4.78, 5) is 12.7. The minimum Gasteiger partial charge on any atom is -0.492 e. The van der Waals surface area contributed by atoms with Gasteiger partial charge in [0.2, 0.25) is 15.9 Å². The second-order valence-corrected chi connectivity index (χ2v) is 9.29. The van der Waals surface area contributed by atoms with E-state index in [1.165, 1.54) is 4.31 Å². The smallest absolute Gasteiger partial charge is 0.243 e. The molecular weight excluding hydrogens is 376 g/mol. The molecule has 0 fully saturated rings. The van der Waals surface area contributed by atoms with Crippen LogP contribution in [0.2, 0.25) is 0 Å². The summed E-state index contributed by atoms with van der Waals surface area (Å²) in [5.41, 5.74) is 1.88. The number of fused-ring (bicyclic) bond motifs is 1. The van der Waals surface area contributed by atoms with Crippen molar-refractivity contribution >= 4 is 15.9 Å². The van der Waals surface area contributed by atoms with E-state index in [0.717, 1.165) is 16.9 Å². The van der Waals surface area contributed by atoms with Gasteiger partial charge in [-0.15, -0.1) is 0 Å². The van der Waals surface area contributed by atoms with Gasteiger partial charge < -0.3 is 10.1 Å². The summed E-state index contributed by atoms with van der Waals surface area (Å²) in [5, 5.41) is 2.92. The van der Waals surface area contributed by atoms with Crippen LogP contribution in [0.3, 0.4) is 0 Å². The first-order valence-corrected chi connectivity index (χ1v) is 10.8. The number of nitrogens with one attached hydrogen (secondary N) is 1. The zero-order valence-electron chi connectivity index (χ0n) is 16.4. The topological polar surface area (TPSA) is 75.7 Å². The molecule has 150 valence electrons. The molecule has 2 aromatic rings. The summed E-state index contributed by atoms with van der Waals surface area (Å²) >= 11 is 0. The van der Waals surface area contributed by atoms with Gasteiger partial charge in [0, 0.05) is 19.6 Å². The fourth-order valence-corrected chi connectivity index (χ4v) is 4.42. The van der Waals surface area contributed by atoms with Gasteiger partial charge in [0.1, 0.15) is 12.4 Å². The molecule has 0 radical (unpaired) electrons. The van der Waals surface area contributed by atoms with Crippen LogP contribution in [0.1, 0.15) is 25.0 Å². The van der Waals surface area contributed by atoms with Crippen LogP contribution in [0.4, 0.5) is 0 Å². The first-order valence-electron chi connectivity index (χ1n) is 9.34. The van der Waals surface area contributed by atoms with Crippen molar-refractivity contribution in [2.24, 2.45) is 5.92 Å². The van der Waals surface area contributed by atoms with Gasteiger partial charge in [-0.05, 0) is 49.6 Å². The van der Waals surface area contributed by atoms with Gasteiger partial charge in [-0.3, -0.25) is 4.79 Å². The van der Waals surface area contributed by atoms with Gasteiger partial charge in [-0.2, -0.15) is 4.31 Å². The SMILES string of the molecule is CC(C)N(C)S(=O)(=O)c1ccc(CNC(=O)C2COc3ccccc3C2)cc1. The molecular formula is C21H26N2O4S. The van der Waals surface area contributed by atoms with Crippen molar-refractivity contribution in [3.05, 3.63) is 59.7 Å². The molecule has 2 aromatic carbocycles. The standard InChI is InChI=1S/C21H26N2O4S/c1-15(2)23(3)28(25,26)19-10-8-16(9-11-19)13-22-21(24)18-12-17-6-4-5-7-20(17)27-14-18/h4-11,15,18H,12-14H2,1-3H3,(H,22,24). The molecule has 0 spiro atoms. The highest BCUT2D eigenvalue weighted by molar-refractivity contribution is 7.89. The molecule has 0 saturated heterocycles. The van der Waals surface area contributed by atoms with Crippen molar-refractivity contribution in [1.29, 1.82) is 0 Å². The van der Waals surface area contributed by atoms with E-state index in [0.29, 0.717) is 19.6 Å². The normalized spacial score (nSPS) is 16.5. The number of nitrogens with zero attached hydrogens (tertiary/aromatic N) is 1. The van der Waals surface area contributed by atoms with Gasteiger partial charge in [-0.1, -0.05) is 30.3 Å². The Morgan fingerprint density at radius 1 is 1.18 bits per heavy atom. The molecule has 1 heterocycles. The van der Waals surface area contributed by atoms with Gasteiger partial charge in [0.05, 0.1) is 10.8 Å². The molecule has 3 rings (SSSR count). The maximum absolute atomic E-state index is 12.5. The largest absolute Gasteiger partial charge is 0.492 e. The minimum absolute atomic E-state index is 0.0641. The Labute approximate surface area is 166 Å². The van der Waals surface area contributed by atoms with Crippen LogP contribution in [0, 0.1) is 5.92 Å². The van der Waals surface area contributed by atoms with Crippen LogP contribution >= 0.6 is 0 Å². The zero-order chi connectivity index (χ0) is 20.3. The molecule has 0 aliphatic carbocycles. The summed E-state index contributed by atoms with van der Waals surface area (Å²) in [6.45, 7) is 4.36. The molecule has 1 N–H and O–H groups in total. The first-order chi connectivity index (χ1) is 13.3. The number of ether oxygens (including phenoxy) is 1. The average molecular weight is 403 g/mol. The van der Waals surface area contributed by atoms with Crippen molar-refractivity contribution in [2.45, 2.75) is 37.8 Å². The summed E-state index contributed by atoms with van der Waals surface area (Å²) in [5.74, 6) is 0.551. The third-order valence-electron chi connectivity index (χ3n) is 5.04. The number of rotatable bonds is 6. The summed E-state index contributed by atoms with van der Waals surface area (Å²) in [6, 6.07) is 14.2. The van der Waals surface area contributed by atoms with Crippen LogP contribution in [-0.4, -0.2) is 38.3 Å². The maximum atomic E-state index is 12.5. The number of amides is 1. The molecule has 0 bridgehead atoms.